The molecule has 2 aromatic carbocycles. The third-order valence-electron chi connectivity index (χ3n) is 5.01. The van der Waals surface area contributed by atoms with Gasteiger partial charge in [-0.05, 0) is 48.9 Å². The second kappa shape index (κ2) is 9.82. The first-order valence-electron chi connectivity index (χ1n) is 9.66. The molecule has 0 atom stereocenters. The minimum atomic E-state index is -3.86. The van der Waals surface area contributed by atoms with Gasteiger partial charge in [-0.3, -0.25) is 14.4 Å². The van der Waals surface area contributed by atoms with Crippen molar-refractivity contribution in [2.75, 3.05) is 44.1 Å². The van der Waals surface area contributed by atoms with Crippen LogP contribution in [0.25, 0.3) is 0 Å². The molecule has 1 heterocycles. The molecule has 1 N–H and O–H groups in total. The van der Waals surface area contributed by atoms with Crippen LogP contribution in [0.2, 0.25) is 0 Å². The number of amides is 2. The SMILES string of the molecule is CON(C)S(=O)(=O)c1cccc(C(=O)Nc2ccc(C(=O)N3CCSCC3)cc2C)c1. The monoisotopic (exact) mass is 463 g/mol. The van der Waals surface area contributed by atoms with E-state index in [1.54, 1.807) is 18.2 Å². The quantitative estimate of drug-likeness (QED) is 0.662. The summed E-state index contributed by atoms with van der Waals surface area (Å²) in [5, 5.41) is 2.79. The van der Waals surface area contributed by atoms with Gasteiger partial charge in [0.05, 0.1) is 12.0 Å². The predicted molar refractivity (Wildman–Crippen MR) is 121 cm³/mol. The summed E-state index contributed by atoms with van der Waals surface area (Å²) in [6, 6.07) is 10.9. The summed E-state index contributed by atoms with van der Waals surface area (Å²) in [5.41, 5.74) is 2.07. The minimum absolute atomic E-state index is 0.0125. The summed E-state index contributed by atoms with van der Waals surface area (Å²) in [5.74, 6) is 1.41. The van der Waals surface area contributed by atoms with Crippen LogP contribution in [0, 0.1) is 6.92 Å². The van der Waals surface area contributed by atoms with Crippen LogP contribution in [-0.4, -0.2) is 68.4 Å². The Morgan fingerprint density at radius 3 is 2.45 bits per heavy atom. The molecule has 10 heteroatoms. The van der Waals surface area contributed by atoms with E-state index in [0.29, 0.717) is 11.3 Å². The van der Waals surface area contributed by atoms with Gasteiger partial charge >= 0.3 is 0 Å². The van der Waals surface area contributed by atoms with Gasteiger partial charge in [-0.1, -0.05) is 10.5 Å². The Labute approximate surface area is 186 Å². The molecule has 0 saturated carbocycles. The number of thioether (sulfide) groups is 1. The number of anilines is 1. The van der Waals surface area contributed by atoms with Crippen molar-refractivity contribution in [2.45, 2.75) is 11.8 Å². The molecule has 1 aliphatic rings. The first-order valence-corrected chi connectivity index (χ1v) is 12.3. The molecule has 1 fully saturated rings. The van der Waals surface area contributed by atoms with E-state index >= 15 is 0 Å². The van der Waals surface area contributed by atoms with E-state index in [4.69, 9.17) is 4.84 Å². The van der Waals surface area contributed by atoms with Gasteiger partial charge in [0.1, 0.15) is 0 Å². The lowest BCUT2D eigenvalue weighted by Crippen LogP contribution is -2.37. The van der Waals surface area contributed by atoms with Crippen molar-refractivity contribution in [3.05, 3.63) is 59.2 Å². The lowest BCUT2D eigenvalue weighted by atomic mass is 10.1. The Morgan fingerprint density at radius 2 is 1.81 bits per heavy atom. The second-order valence-electron chi connectivity index (χ2n) is 7.01. The number of hydrogen-bond donors (Lipinski definition) is 1. The van der Waals surface area contributed by atoms with Gasteiger partial charge in [-0.15, -0.1) is 0 Å². The smallest absolute Gasteiger partial charge is 0.264 e. The Hall–Kier alpha value is -2.40. The van der Waals surface area contributed by atoms with E-state index in [9.17, 15) is 18.0 Å². The molecule has 0 aromatic heterocycles. The number of aryl methyl sites for hydroxylation is 1. The molecule has 0 radical (unpaired) electrons. The predicted octanol–water partition coefficient (Wildman–Crippen LogP) is 2.62. The highest BCUT2D eigenvalue weighted by Crippen LogP contribution is 2.21. The lowest BCUT2D eigenvalue weighted by molar-refractivity contribution is -0.0258. The zero-order chi connectivity index (χ0) is 22.6. The van der Waals surface area contributed by atoms with Gasteiger partial charge in [-0.25, -0.2) is 8.42 Å². The van der Waals surface area contributed by atoms with Crippen molar-refractivity contribution < 1.29 is 22.8 Å². The van der Waals surface area contributed by atoms with Crippen LogP contribution in [0.15, 0.2) is 47.4 Å². The summed E-state index contributed by atoms with van der Waals surface area (Å²) < 4.78 is 25.6. The molecule has 2 aromatic rings. The fourth-order valence-electron chi connectivity index (χ4n) is 3.12. The summed E-state index contributed by atoms with van der Waals surface area (Å²) in [6.45, 7) is 3.28. The average Bonchev–Trinajstić information content (AvgIpc) is 2.79. The van der Waals surface area contributed by atoms with Gasteiger partial charge in [0.25, 0.3) is 21.8 Å². The number of carbonyl (C=O) groups is 2. The number of nitrogens with one attached hydrogen (secondary N) is 1. The fraction of sp³-hybridized carbons (Fsp3) is 0.333. The summed E-state index contributed by atoms with van der Waals surface area (Å²) in [6.07, 6.45) is 0. The standard InChI is InChI=1S/C21H25N3O5S2/c1-15-13-17(21(26)24-9-11-30-12-10-24)7-8-19(15)22-20(25)16-5-4-6-18(14-16)31(27,28)23(2)29-3/h4-8,13-14H,9-12H2,1-3H3,(H,22,25). The van der Waals surface area contributed by atoms with Crippen LogP contribution in [0.1, 0.15) is 26.3 Å². The summed E-state index contributed by atoms with van der Waals surface area (Å²) in [4.78, 5) is 32.0. The van der Waals surface area contributed by atoms with Crippen molar-refractivity contribution in [3.8, 4) is 0 Å². The minimum Gasteiger partial charge on any atom is -0.337 e. The molecule has 0 spiro atoms. The van der Waals surface area contributed by atoms with Crippen LogP contribution in [0.5, 0.6) is 0 Å². The van der Waals surface area contributed by atoms with Crippen molar-refractivity contribution >= 4 is 39.3 Å². The van der Waals surface area contributed by atoms with E-state index in [-0.39, 0.29) is 16.4 Å². The third-order valence-corrected chi connectivity index (χ3v) is 7.63. The molecular formula is C21H25N3O5S2. The zero-order valence-corrected chi connectivity index (χ0v) is 19.3. The summed E-state index contributed by atoms with van der Waals surface area (Å²) in [7, 11) is -1.34. The first kappa shape index (κ1) is 23.3. The first-order chi connectivity index (χ1) is 14.7. The van der Waals surface area contributed by atoms with Crippen LogP contribution in [-0.2, 0) is 14.9 Å². The number of nitrogens with zero attached hydrogens (tertiary/aromatic N) is 2. The topological polar surface area (TPSA) is 96.0 Å². The number of sulfonamides is 1. The fourth-order valence-corrected chi connectivity index (χ4v) is 5.05. The van der Waals surface area contributed by atoms with Crippen molar-refractivity contribution in [1.82, 2.24) is 9.37 Å². The maximum absolute atomic E-state index is 12.7. The van der Waals surface area contributed by atoms with Gasteiger partial charge in [-0.2, -0.15) is 11.8 Å². The van der Waals surface area contributed by atoms with Gasteiger partial charge in [0.15, 0.2) is 0 Å². The van der Waals surface area contributed by atoms with Crippen LogP contribution in [0.4, 0.5) is 5.69 Å². The average molecular weight is 464 g/mol. The largest absolute Gasteiger partial charge is 0.337 e. The maximum atomic E-state index is 12.7. The van der Waals surface area contributed by atoms with E-state index in [2.05, 4.69) is 5.32 Å². The summed E-state index contributed by atoms with van der Waals surface area (Å²) >= 11 is 1.84. The second-order valence-corrected chi connectivity index (χ2v) is 10.2. The zero-order valence-electron chi connectivity index (χ0n) is 17.6. The van der Waals surface area contributed by atoms with Crippen molar-refractivity contribution in [3.63, 3.8) is 0 Å². The normalized spacial score (nSPS) is 14.5. The van der Waals surface area contributed by atoms with Crippen LogP contribution < -0.4 is 5.32 Å². The number of benzene rings is 2. The number of hydroxylamine groups is 1. The number of carbonyl (C=O) groups excluding carboxylic acids is 2. The molecule has 1 saturated heterocycles. The molecule has 166 valence electrons. The molecule has 1 aliphatic heterocycles. The highest BCUT2D eigenvalue weighted by molar-refractivity contribution is 7.99. The van der Waals surface area contributed by atoms with Gasteiger partial charge in [0, 0.05) is 48.5 Å². The Balaban J connectivity index is 1.76. The van der Waals surface area contributed by atoms with E-state index in [1.807, 2.05) is 23.6 Å². The molecule has 8 nitrogen and oxygen atoms in total. The maximum Gasteiger partial charge on any atom is 0.264 e. The van der Waals surface area contributed by atoms with Crippen LogP contribution in [0.3, 0.4) is 0 Å². The Bertz CT molecular complexity index is 1080. The highest BCUT2D eigenvalue weighted by Gasteiger charge is 2.22. The van der Waals surface area contributed by atoms with E-state index < -0.39 is 15.9 Å². The van der Waals surface area contributed by atoms with Crippen molar-refractivity contribution in [1.29, 1.82) is 0 Å². The van der Waals surface area contributed by atoms with Crippen molar-refractivity contribution in [2.24, 2.45) is 0 Å². The van der Waals surface area contributed by atoms with E-state index in [1.165, 1.54) is 38.4 Å². The molecular weight excluding hydrogens is 438 g/mol. The van der Waals surface area contributed by atoms with E-state index in [0.717, 1.165) is 34.6 Å². The lowest BCUT2D eigenvalue weighted by Gasteiger charge is -2.26. The third kappa shape index (κ3) is 5.27. The molecule has 0 unspecified atom stereocenters. The van der Waals surface area contributed by atoms with Crippen LogP contribution >= 0.6 is 11.8 Å². The molecule has 0 aliphatic carbocycles. The highest BCUT2D eigenvalue weighted by atomic mass is 32.2. The van der Waals surface area contributed by atoms with Gasteiger partial charge in [0.2, 0.25) is 0 Å². The molecule has 31 heavy (non-hydrogen) atoms. The van der Waals surface area contributed by atoms with Gasteiger partial charge < -0.3 is 10.2 Å². The number of hydrogen-bond acceptors (Lipinski definition) is 6. The molecule has 3 rings (SSSR count). The molecule has 0 bridgehead atoms. The number of rotatable bonds is 6. The Morgan fingerprint density at radius 1 is 1.10 bits per heavy atom. The molecule has 2 amide bonds. The Kier molecular flexibility index (Phi) is 7.37.